The van der Waals surface area contributed by atoms with Crippen molar-refractivity contribution < 1.29 is 0 Å². The molecule has 0 saturated carbocycles. The standard InChI is InChI=1S/C10H14IN3/c1-8-2-3-10(13-12-8)9-4-6-14(11)7-5-9/h2-3,9H,4-7H2,1H3. The van der Waals surface area contributed by atoms with Crippen LogP contribution >= 0.6 is 22.9 Å². The predicted octanol–water partition coefficient (Wildman–Crippen LogP) is 2.31. The van der Waals surface area contributed by atoms with Gasteiger partial charge in [0.25, 0.3) is 0 Å². The van der Waals surface area contributed by atoms with E-state index < -0.39 is 0 Å². The van der Waals surface area contributed by atoms with Gasteiger partial charge in [-0.25, -0.2) is 3.11 Å². The number of nitrogens with zero attached hydrogens (tertiary/aromatic N) is 3. The average molecular weight is 303 g/mol. The Morgan fingerprint density at radius 1 is 1.29 bits per heavy atom. The van der Waals surface area contributed by atoms with Crippen LogP contribution in [0.1, 0.15) is 30.1 Å². The van der Waals surface area contributed by atoms with E-state index in [0.717, 1.165) is 5.69 Å². The molecule has 0 atom stereocenters. The van der Waals surface area contributed by atoms with Crippen LogP contribution in [-0.2, 0) is 0 Å². The Morgan fingerprint density at radius 3 is 2.57 bits per heavy atom. The first-order valence-corrected chi connectivity index (χ1v) is 5.93. The normalized spacial score (nSPS) is 19.9. The molecule has 1 fully saturated rings. The zero-order chi connectivity index (χ0) is 9.97. The number of hydrogen-bond acceptors (Lipinski definition) is 3. The second kappa shape index (κ2) is 4.53. The van der Waals surface area contributed by atoms with Gasteiger partial charge in [-0.3, -0.25) is 0 Å². The lowest BCUT2D eigenvalue weighted by Crippen LogP contribution is -2.25. The van der Waals surface area contributed by atoms with E-state index in [-0.39, 0.29) is 0 Å². The van der Waals surface area contributed by atoms with E-state index in [1.807, 2.05) is 6.92 Å². The van der Waals surface area contributed by atoms with Gasteiger partial charge in [-0.05, 0) is 31.9 Å². The van der Waals surface area contributed by atoms with E-state index in [1.54, 1.807) is 0 Å². The highest BCUT2D eigenvalue weighted by Gasteiger charge is 2.20. The van der Waals surface area contributed by atoms with Crippen molar-refractivity contribution >= 4 is 22.9 Å². The van der Waals surface area contributed by atoms with Gasteiger partial charge in [0.15, 0.2) is 0 Å². The molecule has 4 heteroatoms. The number of aryl methyl sites for hydroxylation is 1. The lowest BCUT2D eigenvalue weighted by atomic mass is 9.94. The third-order valence-corrected chi connectivity index (χ3v) is 3.64. The summed E-state index contributed by atoms with van der Waals surface area (Å²) >= 11 is 2.39. The van der Waals surface area contributed by atoms with E-state index >= 15 is 0 Å². The maximum Gasteiger partial charge on any atom is 0.0663 e. The van der Waals surface area contributed by atoms with Crippen LogP contribution in [0.25, 0.3) is 0 Å². The number of aromatic nitrogens is 2. The summed E-state index contributed by atoms with van der Waals surface area (Å²) in [4.78, 5) is 0. The van der Waals surface area contributed by atoms with Crippen molar-refractivity contribution in [1.82, 2.24) is 13.3 Å². The van der Waals surface area contributed by atoms with Crippen molar-refractivity contribution in [2.45, 2.75) is 25.7 Å². The van der Waals surface area contributed by atoms with Crippen LogP contribution in [0.5, 0.6) is 0 Å². The fourth-order valence-electron chi connectivity index (χ4n) is 1.77. The molecule has 0 N–H and O–H groups in total. The predicted molar refractivity (Wildman–Crippen MR) is 64.3 cm³/mol. The SMILES string of the molecule is Cc1ccc(C2CCN(I)CC2)nn1. The fraction of sp³-hybridized carbons (Fsp3) is 0.600. The van der Waals surface area contributed by atoms with Crippen molar-refractivity contribution in [3.8, 4) is 0 Å². The molecule has 76 valence electrons. The van der Waals surface area contributed by atoms with Crippen LogP contribution in [-0.4, -0.2) is 26.4 Å². The van der Waals surface area contributed by atoms with E-state index in [1.165, 1.54) is 31.6 Å². The minimum absolute atomic E-state index is 0.620. The number of hydrogen-bond donors (Lipinski definition) is 0. The minimum Gasteiger partial charge on any atom is -0.248 e. The van der Waals surface area contributed by atoms with Gasteiger partial charge < -0.3 is 0 Å². The topological polar surface area (TPSA) is 29.0 Å². The first-order chi connectivity index (χ1) is 6.75. The van der Waals surface area contributed by atoms with Gasteiger partial charge in [0, 0.05) is 41.9 Å². The van der Waals surface area contributed by atoms with Gasteiger partial charge in [-0.15, -0.1) is 0 Å². The van der Waals surface area contributed by atoms with E-state index in [9.17, 15) is 0 Å². The molecule has 0 aliphatic carbocycles. The van der Waals surface area contributed by atoms with Gasteiger partial charge in [0.2, 0.25) is 0 Å². The van der Waals surface area contributed by atoms with Crippen LogP contribution in [0.3, 0.4) is 0 Å². The maximum absolute atomic E-state index is 4.26. The third-order valence-electron chi connectivity index (χ3n) is 2.68. The molecule has 0 bridgehead atoms. The van der Waals surface area contributed by atoms with Crippen LogP contribution < -0.4 is 0 Å². The molecule has 1 aliphatic rings. The summed E-state index contributed by atoms with van der Waals surface area (Å²) in [5.41, 5.74) is 2.17. The molecule has 2 rings (SSSR count). The van der Waals surface area contributed by atoms with Crippen molar-refractivity contribution in [1.29, 1.82) is 0 Å². The van der Waals surface area contributed by atoms with E-state index in [2.05, 4.69) is 48.3 Å². The van der Waals surface area contributed by atoms with Gasteiger partial charge in [-0.2, -0.15) is 10.2 Å². The number of halogens is 1. The van der Waals surface area contributed by atoms with Crippen LogP contribution in [0, 0.1) is 6.92 Å². The molecule has 0 unspecified atom stereocenters. The lowest BCUT2D eigenvalue weighted by molar-refractivity contribution is 0.363. The monoisotopic (exact) mass is 303 g/mol. The van der Waals surface area contributed by atoms with Crippen LogP contribution in [0.2, 0.25) is 0 Å². The Morgan fingerprint density at radius 2 is 2.00 bits per heavy atom. The summed E-state index contributed by atoms with van der Waals surface area (Å²) in [5, 5.41) is 8.36. The second-order valence-electron chi connectivity index (χ2n) is 3.78. The highest BCUT2D eigenvalue weighted by Crippen LogP contribution is 2.27. The molecule has 1 aromatic rings. The first-order valence-electron chi connectivity index (χ1n) is 4.96. The Kier molecular flexibility index (Phi) is 3.33. The van der Waals surface area contributed by atoms with Crippen molar-refractivity contribution in [2.24, 2.45) is 0 Å². The number of rotatable bonds is 1. The van der Waals surface area contributed by atoms with Crippen molar-refractivity contribution in [3.63, 3.8) is 0 Å². The Hall–Kier alpha value is -0.230. The fourth-order valence-corrected chi connectivity index (χ4v) is 2.33. The van der Waals surface area contributed by atoms with Gasteiger partial charge in [0.1, 0.15) is 0 Å². The molecular weight excluding hydrogens is 289 g/mol. The van der Waals surface area contributed by atoms with Crippen molar-refractivity contribution in [3.05, 3.63) is 23.5 Å². The molecule has 0 amide bonds. The quantitative estimate of drug-likeness (QED) is 0.589. The lowest BCUT2D eigenvalue weighted by Gasteiger charge is -2.26. The molecule has 1 saturated heterocycles. The highest BCUT2D eigenvalue weighted by molar-refractivity contribution is 14.1. The maximum atomic E-state index is 4.26. The molecule has 0 radical (unpaired) electrons. The van der Waals surface area contributed by atoms with Crippen LogP contribution in [0.4, 0.5) is 0 Å². The molecule has 0 spiro atoms. The van der Waals surface area contributed by atoms with Crippen LogP contribution in [0.15, 0.2) is 12.1 Å². The molecule has 0 aromatic carbocycles. The summed E-state index contributed by atoms with van der Waals surface area (Å²) in [6.45, 7) is 4.31. The van der Waals surface area contributed by atoms with E-state index in [0.29, 0.717) is 5.92 Å². The van der Waals surface area contributed by atoms with Crippen molar-refractivity contribution in [2.75, 3.05) is 13.1 Å². The average Bonchev–Trinajstić information content (AvgIpc) is 2.21. The molecule has 1 aliphatic heterocycles. The summed E-state index contributed by atoms with van der Waals surface area (Å²) in [6.07, 6.45) is 2.42. The summed E-state index contributed by atoms with van der Waals surface area (Å²) in [5.74, 6) is 0.620. The minimum atomic E-state index is 0.620. The Bertz CT molecular complexity index is 291. The van der Waals surface area contributed by atoms with Gasteiger partial charge in [0.05, 0.1) is 11.4 Å². The zero-order valence-electron chi connectivity index (χ0n) is 8.28. The van der Waals surface area contributed by atoms with Gasteiger partial charge in [-0.1, -0.05) is 0 Å². The smallest absolute Gasteiger partial charge is 0.0663 e. The largest absolute Gasteiger partial charge is 0.248 e. The Balaban J connectivity index is 2.05. The molecule has 14 heavy (non-hydrogen) atoms. The van der Waals surface area contributed by atoms with Gasteiger partial charge >= 0.3 is 0 Å². The molecular formula is C10H14IN3. The number of piperidine rings is 1. The summed E-state index contributed by atoms with van der Waals surface area (Å²) in [6, 6.07) is 4.18. The third kappa shape index (κ3) is 2.42. The summed E-state index contributed by atoms with van der Waals surface area (Å²) in [7, 11) is 0. The molecule has 3 nitrogen and oxygen atoms in total. The van der Waals surface area contributed by atoms with E-state index in [4.69, 9.17) is 0 Å². The Labute approximate surface area is 98.4 Å². The highest BCUT2D eigenvalue weighted by atomic mass is 127. The first kappa shape index (κ1) is 10.3. The zero-order valence-corrected chi connectivity index (χ0v) is 10.4. The summed E-state index contributed by atoms with van der Waals surface area (Å²) < 4.78 is 2.34. The molecule has 1 aromatic heterocycles. The second-order valence-corrected chi connectivity index (χ2v) is 5.15. The molecule has 2 heterocycles.